The van der Waals surface area contributed by atoms with Crippen LogP contribution in [0, 0.1) is 6.92 Å². The number of rotatable bonds is 5. The number of halogens is 1. The van der Waals surface area contributed by atoms with Crippen LogP contribution in [0.4, 0.5) is 0 Å². The van der Waals surface area contributed by atoms with Crippen molar-refractivity contribution in [3.05, 3.63) is 33.8 Å². The van der Waals surface area contributed by atoms with E-state index >= 15 is 0 Å². The van der Waals surface area contributed by atoms with Crippen molar-refractivity contribution in [2.24, 2.45) is 0 Å². The van der Waals surface area contributed by atoms with Crippen LogP contribution in [-0.4, -0.2) is 25.5 Å². The molecule has 0 saturated carbocycles. The molecule has 0 aliphatic carbocycles. The maximum Gasteiger partial charge on any atom is 0.147 e. The largest absolute Gasteiger partial charge is 0.388 e. The fraction of sp³-hybridized carbons (Fsp3) is 0.500. The summed E-state index contributed by atoms with van der Waals surface area (Å²) in [7, 11) is -2.94. The highest BCUT2D eigenvalue weighted by molar-refractivity contribution is 9.10. The minimum Gasteiger partial charge on any atom is -0.388 e. The molecule has 1 N–H and O–H groups in total. The number of benzene rings is 1. The van der Waals surface area contributed by atoms with Crippen molar-refractivity contribution < 1.29 is 13.5 Å². The van der Waals surface area contributed by atoms with Crippen molar-refractivity contribution in [3.63, 3.8) is 0 Å². The minimum absolute atomic E-state index is 0.122. The van der Waals surface area contributed by atoms with Crippen molar-refractivity contribution in [2.75, 3.05) is 12.0 Å². The van der Waals surface area contributed by atoms with Crippen molar-refractivity contribution in [2.45, 2.75) is 25.9 Å². The van der Waals surface area contributed by atoms with Crippen molar-refractivity contribution in [1.82, 2.24) is 0 Å². The molecular formula is C12H17BrO3S. The third kappa shape index (κ3) is 4.77. The Bertz CT molecular complexity index is 483. The van der Waals surface area contributed by atoms with Gasteiger partial charge in [0.1, 0.15) is 9.84 Å². The molecule has 0 heterocycles. The van der Waals surface area contributed by atoms with Crippen LogP contribution in [0.15, 0.2) is 22.7 Å². The topological polar surface area (TPSA) is 54.4 Å². The summed E-state index contributed by atoms with van der Waals surface area (Å²) >= 11 is 3.41. The highest BCUT2D eigenvalue weighted by atomic mass is 79.9. The second kappa shape index (κ2) is 5.98. The molecule has 5 heteroatoms. The van der Waals surface area contributed by atoms with Crippen LogP contribution in [0.25, 0.3) is 0 Å². The fourth-order valence-corrected chi connectivity index (χ4v) is 2.75. The van der Waals surface area contributed by atoms with E-state index < -0.39 is 15.9 Å². The molecule has 96 valence electrons. The summed E-state index contributed by atoms with van der Waals surface area (Å²) in [6.07, 6.45) is 1.55. The predicted molar refractivity (Wildman–Crippen MR) is 72.8 cm³/mol. The van der Waals surface area contributed by atoms with Gasteiger partial charge in [0.2, 0.25) is 0 Å². The first-order valence-electron chi connectivity index (χ1n) is 5.42. The van der Waals surface area contributed by atoms with Crippen LogP contribution in [-0.2, 0) is 9.84 Å². The third-order valence-corrected chi connectivity index (χ3v) is 4.55. The summed E-state index contributed by atoms with van der Waals surface area (Å²) < 4.78 is 22.9. The summed E-state index contributed by atoms with van der Waals surface area (Å²) in [5.41, 5.74) is 1.85. The molecule has 0 bridgehead atoms. The van der Waals surface area contributed by atoms with Crippen LogP contribution >= 0.6 is 15.9 Å². The van der Waals surface area contributed by atoms with Crippen LogP contribution in [0.5, 0.6) is 0 Å². The maximum atomic E-state index is 11.0. The number of aliphatic hydroxyl groups excluding tert-OH is 1. The van der Waals surface area contributed by atoms with Crippen LogP contribution in [0.2, 0.25) is 0 Å². The van der Waals surface area contributed by atoms with E-state index in [-0.39, 0.29) is 5.75 Å². The number of aliphatic hydroxyl groups is 1. The molecule has 1 atom stereocenters. The Morgan fingerprint density at radius 1 is 1.41 bits per heavy atom. The molecule has 1 unspecified atom stereocenters. The highest BCUT2D eigenvalue weighted by Gasteiger charge is 2.12. The maximum absolute atomic E-state index is 11.0. The molecule has 0 amide bonds. The van der Waals surface area contributed by atoms with Crippen molar-refractivity contribution in [3.8, 4) is 0 Å². The molecule has 1 aromatic carbocycles. The summed E-state index contributed by atoms with van der Waals surface area (Å²) in [6.45, 7) is 1.93. The Balaban J connectivity index is 2.64. The average Bonchev–Trinajstić information content (AvgIpc) is 2.20. The van der Waals surface area contributed by atoms with Gasteiger partial charge in [-0.2, -0.15) is 0 Å². The van der Waals surface area contributed by atoms with Gasteiger partial charge in [-0.1, -0.05) is 28.1 Å². The lowest BCUT2D eigenvalue weighted by molar-refractivity contribution is 0.166. The molecule has 0 aliphatic heterocycles. The second-order valence-electron chi connectivity index (χ2n) is 4.24. The Morgan fingerprint density at radius 2 is 2.06 bits per heavy atom. The van der Waals surface area contributed by atoms with E-state index in [1.54, 1.807) is 0 Å². The quantitative estimate of drug-likeness (QED) is 0.907. The standard InChI is InChI=1S/C12H17BrO3S/c1-9-10(5-3-6-11(9)13)12(14)7-4-8-17(2,15)16/h3,5-6,12,14H,4,7-8H2,1-2H3. The van der Waals surface area contributed by atoms with Gasteiger partial charge in [-0.3, -0.25) is 0 Å². The molecular weight excluding hydrogens is 304 g/mol. The molecule has 1 rings (SSSR count). The molecule has 0 aromatic heterocycles. The van der Waals surface area contributed by atoms with E-state index in [0.29, 0.717) is 12.8 Å². The number of hydrogen-bond donors (Lipinski definition) is 1. The molecule has 0 aliphatic rings. The lowest BCUT2D eigenvalue weighted by atomic mass is 10.0. The van der Waals surface area contributed by atoms with E-state index in [9.17, 15) is 13.5 Å². The predicted octanol–water partition coefficient (Wildman–Crippen LogP) is 2.62. The molecule has 3 nitrogen and oxygen atoms in total. The smallest absolute Gasteiger partial charge is 0.147 e. The first kappa shape index (κ1) is 14.7. The van der Waals surface area contributed by atoms with Gasteiger partial charge in [-0.25, -0.2) is 8.42 Å². The summed E-state index contributed by atoms with van der Waals surface area (Å²) in [4.78, 5) is 0. The molecule has 0 saturated heterocycles. The van der Waals surface area contributed by atoms with Crippen LogP contribution < -0.4 is 0 Å². The highest BCUT2D eigenvalue weighted by Crippen LogP contribution is 2.27. The lowest BCUT2D eigenvalue weighted by Crippen LogP contribution is -2.06. The van der Waals surface area contributed by atoms with Gasteiger partial charge in [-0.15, -0.1) is 0 Å². The summed E-state index contributed by atoms with van der Waals surface area (Å²) in [6, 6.07) is 5.65. The average molecular weight is 321 g/mol. The fourth-order valence-electron chi connectivity index (χ4n) is 1.68. The second-order valence-corrected chi connectivity index (χ2v) is 7.36. The van der Waals surface area contributed by atoms with E-state index in [0.717, 1.165) is 15.6 Å². The van der Waals surface area contributed by atoms with Gasteiger partial charge in [0.15, 0.2) is 0 Å². The first-order chi connectivity index (χ1) is 7.81. The number of hydrogen-bond acceptors (Lipinski definition) is 3. The van der Waals surface area contributed by atoms with Gasteiger partial charge in [0.25, 0.3) is 0 Å². The normalized spacial score (nSPS) is 13.6. The third-order valence-electron chi connectivity index (χ3n) is 2.66. The van der Waals surface area contributed by atoms with Crippen molar-refractivity contribution in [1.29, 1.82) is 0 Å². The van der Waals surface area contributed by atoms with Crippen LogP contribution in [0.1, 0.15) is 30.1 Å². The van der Waals surface area contributed by atoms with E-state index in [2.05, 4.69) is 15.9 Å². The van der Waals surface area contributed by atoms with E-state index in [1.165, 1.54) is 6.26 Å². The monoisotopic (exact) mass is 320 g/mol. The summed E-state index contributed by atoms with van der Waals surface area (Å²) in [5, 5.41) is 10.0. The van der Waals surface area contributed by atoms with Gasteiger partial charge >= 0.3 is 0 Å². The molecule has 17 heavy (non-hydrogen) atoms. The first-order valence-corrected chi connectivity index (χ1v) is 8.27. The molecule has 0 fully saturated rings. The zero-order valence-corrected chi connectivity index (χ0v) is 12.4. The zero-order chi connectivity index (χ0) is 13.1. The lowest BCUT2D eigenvalue weighted by Gasteiger charge is -2.14. The molecule has 0 radical (unpaired) electrons. The van der Waals surface area contributed by atoms with E-state index in [1.807, 2.05) is 25.1 Å². The van der Waals surface area contributed by atoms with E-state index in [4.69, 9.17) is 0 Å². The Labute approximate surface area is 111 Å². The Kier molecular flexibility index (Phi) is 5.16. The van der Waals surface area contributed by atoms with Crippen molar-refractivity contribution >= 4 is 25.8 Å². The Hall–Kier alpha value is -0.390. The van der Waals surface area contributed by atoms with Gasteiger partial charge in [0.05, 0.1) is 6.10 Å². The van der Waals surface area contributed by atoms with Gasteiger partial charge in [-0.05, 0) is 37.0 Å². The SMILES string of the molecule is Cc1c(Br)cccc1C(O)CCCS(C)(=O)=O. The van der Waals surface area contributed by atoms with Gasteiger partial charge < -0.3 is 5.11 Å². The molecule has 0 spiro atoms. The van der Waals surface area contributed by atoms with Gasteiger partial charge in [0, 0.05) is 16.5 Å². The summed E-state index contributed by atoms with van der Waals surface area (Å²) in [5.74, 6) is 0.122. The Morgan fingerprint density at radius 3 is 2.65 bits per heavy atom. The zero-order valence-electron chi connectivity index (χ0n) is 9.98. The molecule has 1 aromatic rings. The number of sulfone groups is 1. The minimum atomic E-state index is -2.94. The van der Waals surface area contributed by atoms with Crippen LogP contribution in [0.3, 0.4) is 0 Å².